The summed E-state index contributed by atoms with van der Waals surface area (Å²) in [4.78, 5) is 15.1. The normalized spacial score (nSPS) is 19.6. The molecule has 2 aromatic rings. The number of aryl methyl sites for hydroxylation is 1. The van der Waals surface area contributed by atoms with Gasteiger partial charge in [0.1, 0.15) is 10.0 Å². The zero-order valence-electron chi connectivity index (χ0n) is 10.7. The summed E-state index contributed by atoms with van der Waals surface area (Å²) in [5.74, 6) is 0.504. The molecule has 1 aliphatic heterocycles. The largest absolute Gasteiger partial charge is 0.337 e. The van der Waals surface area contributed by atoms with Crippen LogP contribution < -0.4 is 0 Å². The number of hydrogen-bond donors (Lipinski definition) is 0. The van der Waals surface area contributed by atoms with Gasteiger partial charge in [0.2, 0.25) is 0 Å². The van der Waals surface area contributed by atoms with Gasteiger partial charge in [-0.2, -0.15) is 0 Å². The summed E-state index contributed by atoms with van der Waals surface area (Å²) in [6.45, 7) is 3.59. The molecule has 0 aromatic carbocycles. The van der Waals surface area contributed by atoms with Gasteiger partial charge in [-0.15, -0.1) is 32.9 Å². The van der Waals surface area contributed by atoms with Gasteiger partial charge in [-0.3, -0.25) is 4.79 Å². The van der Waals surface area contributed by atoms with Crippen molar-refractivity contribution in [1.29, 1.82) is 0 Å². The van der Waals surface area contributed by atoms with E-state index in [1.54, 1.807) is 11.3 Å². The van der Waals surface area contributed by atoms with Gasteiger partial charge in [-0.1, -0.05) is 6.07 Å². The van der Waals surface area contributed by atoms with E-state index in [1.165, 1.54) is 11.3 Å². The van der Waals surface area contributed by atoms with Crippen LogP contribution in [0.4, 0.5) is 0 Å². The van der Waals surface area contributed by atoms with Crippen LogP contribution in [0, 0.1) is 6.92 Å². The van der Waals surface area contributed by atoms with Gasteiger partial charge in [0.05, 0.1) is 4.88 Å². The molecular formula is C13H15N3OS2. The Labute approximate surface area is 120 Å². The number of carbonyl (C=O) groups excluding carboxylic acids is 1. The molecule has 0 spiro atoms. The number of piperidine rings is 1. The van der Waals surface area contributed by atoms with Crippen LogP contribution in [0.5, 0.6) is 0 Å². The minimum absolute atomic E-state index is 0.154. The Morgan fingerprint density at radius 1 is 1.47 bits per heavy atom. The van der Waals surface area contributed by atoms with Crippen LogP contribution in [0.25, 0.3) is 0 Å². The van der Waals surface area contributed by atoms with Gasteiger partial charge >= 0.3 is 0 Å². The molecule has 3 rings (SSSR count). The number of amides is 1. The van der Waals surface area contributed by atoms with E-state index in [0.717, 1.165) is 40.8 Å². The van der Waals surface area contributed by atoms with E-state index < -0.39 is 0 Å². The number of aromatic nitrogens is 2. The smallest absolute Gasteiger partial charge is 0.263 e. The summed E-state index contributed by atoms with van der Waals surface area (Å²) < 4.78 is 0. The molecule has 0 bridgehead atoms. The highest BCUT2D eigenvalue weighted by Gasteiger charge is 2.27. The molecule has 1 saturated heterocycles. The quantitative estimate of drug-likeness (QED) is 0.855. The third-order valence-corrected chi connectivity index (χ3v) is 5.19. The zero-order valence-corrected chi connectivity index (χ0v) is 12.3. The number of likely N-dealkylation sites (tertiary alicyclic amines) is 1. The summed E-state index contributed by atoms with van der Waals surface area (Å²) in [7, 11) is 0. The standard InChI is InChI=1S/C13H15N3OS2/c1-9-14-15-12(19-9)10-4-2-6-16(8-10)13(17)11-5-3-7-18-11/h3,5,7,10H,2,4,6,8H2,1H3/t10-/m1/s1. The highest BCUT2D eigenvalue weighted by atomic mass is 32.1. The number of thiophene rings is 1. The predicted octanol–water partition coefficient (Wildman–Crippen LogP) is 2.93. The fraction of sp³-hybridized carbons (Fsp3) is 0.462. The minimum atomic E-state index is 0.154. The maximum Gasteiger partial charge on any atom is 0.263 e. The monoisotopic (exact) mass is 293 g/mol. The fourth-order valence-corrected chi connectivity index (χ4v) is 3.91. The van der Waals surface area contributed by atoms with E-state index in [0.29, 0.717) is 5.92 Å². The van der Waals surface area contributed by atoms with Gasteiger partial charge in [0.15, 0.2) is 0 Å². The fourth-order valence-electron chi connectivity index (χ4n) is 2.40. The Morgan fingerprint density at radius 3 is 3.05 bits per heavy atom. The molecule has 1 amide bonds. The maximum atomic E-state index is 12.3. The lowest BCUT2D eigenvalue weighted by Crippen LogP contribution is -2.38. The zero-order chi connectivity index (χ0) is 13.2. The van der Waals surface area contributed by atoms with Crippen molar-refractivity contribution in [2.24, 2.45) is 0 Å². The third-order valence-electron chi connectivity index (χ3n) is 3.33. The lowest BCUT2D eigenvalue weighted by molar-refractivity contribution is 0.0712. The Morgan fingerprint density at radius 2 is 2.37 bits per heavy atom. The van der Waals surface area contributed by atoms with Crippen molar-refractivity contribution in [3.8, 4) is 0 Å². The average Bonchev–Trinajstić information content (AvgIpc) is 3.09. The van der Waals surface area contributed by atoms with Crippen molar-refractivity contribution < 1.29 is 4.79 Å². The molecule has 1 aliphatic rings. The van der Waals surface area contributed by atoms with Crippen molar-refractivity contribution in [2.75, 3.05) is 13.1 Å². The third kappa shape index (κ3) is 2.69. The van der Waals surface area contributed by atoms with Crippen molar-refractivity contribution in [1.82, 2.24) is 15.1 Å². The van der Waals surface area contributed by atoms with E-state index in [2.05, 4.69) is 10.2 Å². The number of hydrogen-bond acceptors (Lipinski definition) is 5. The molecule has 3 heterocycles. The van der Waals surface area contributed by atoms with Gasteiger partial charge in [0, 0.05) is 19.0 Å². The molecule has 0 radical (unpaired) electrons. The van der Waals surface area contributed by atoms with Crippen LogP contribution in [-0.2, 0) is 0 Å². The van der Waals surface area contributed by atoms with Crippen LogP contribution in [-0.4, -0.2) is 34.1 Å². The molecule has 19 heavy (non-hydrogen) atoms. The van der Waals surface area contributed by atoms with Crippen molar-refractivity contribution in [3.05, 3.63) is 32.4 Å². The van der Waals surface area contributed by atoms with Crippen LogP contribution in [0.1, 0.15) is 38.4 Å². The van der Waals surface area contributed by atoms with E-state index in [9.17, 15) is 4.79 Å². The highest BCUT2D eigenvalue weighted by Crippen LogP contribution is 2.29. The Bertz CT molecular complexity index is 564. The summed E-state index contributed by atoms with van der Waals surface area (Å²) >= 11 is 3.16. The highest BCUT2D eigenvalue weighted by molar-refractivity contribution is 7.12. The van der Waals surface area contributed by atoms with E-state index in [4.69, 9.17) is 0 Å². The Hall–Kier alpha value is -1.27. The summed E-state index contributed by atoms with van der Waals surface area (Å²) in [5, 5.41) is 12.3. The van der Waals surface area contributed by atoms with Crippen molar-refractivity contribution in [2.45, 2.75) is 25.7 Å². The molecule has 1 fully saturated rings. The second-order valence-corrected chi connectivity index (χ2v) is 6.89. The first kappa shape index (κ1) is 12.7. The number of nitrogens with zero attached hydrogens (tertiary/aromatic N) is 3. The molecule has 0 unspecified atom stereocenters. The molecule has 1 atom stereocenters. The minimum Gasteiger partial charge on any atom is -0.337 e. The Kier molecular flexibility index (Phi) is 3.61. The van der Waals surface area contributed by atoms with Gasteiger partial charge in [-0.25, -0.2) is 0 Å². The first-order valence-electron chi connectivity index (χ1n) is 6.37. The lowest BCUT2D eigenvalue weighted by Gasteiger charge is -2.31. The van der Waals surface area contributed by atoms with Crippen molar-refractivity contribution in [3.63, 3.8) is 0 Å². The Balaban J connectivity index is 1.73. The summed E-state index contributed by atoms with van der Waals surface area (Å²) in [5.41, 5.74) is 0. The molecule has 4 nitrogen and oxygen atoms in total. The second kappa shape index (κ2) is 5.38. The molecular weight excluding hydrogens is 278 g/mol. The first-order chi connectivity index (χ1) is 9.24. The molecule has 0 N–H and O–H groups in total. The SMILES string of the molecule is Cc1nnc([C@@H]2CCCN(C(=O)c3cccs3)C2)s1. The molecule has 2 aromatic heterocycles. The maximum absolute atomic E-state index is 12.3. The van der Waals surface area contributed by atoms with Gasteiger partial charge < -0.3 is 4.90 Å². The van der Waals surface area contributed by atoms with Crippen LogP contribution in [0.3, 0.4) is 0 Å². The number of carbonyl (C=O) groups is 1. The topological polar surface area (TPSA) is 46.1 Å². The van der Waals surface area contributed by atoms with Crippen LogP contribution in [0.2, 0.25) is 0 Å². The van der Waals surface area contributed by atoms with E-state index in [1.807, 2.05) is 29.3 Å². The lowest BCUT2D eigenvalue weighted by atomic mass is 9.98. The molecule has 0 saturated carbocycles. The van der Waals surface area contributed by atoms with Crippen LogP contribution >= 0.6 is 22.7 Å². The average molecular weight is 293 g/mol. The molecule has 0 aliphatic carbocycles. The van der Waals surface area contributed by atoms with E-state index in [-0.39, 0.29) is 5.91 Å². The van der Waals surface area contributed by atoms with Gasteiger partial charge in [0.25, 0.3) is 5.91 Å². The molecule has 6 heteroatoms. The number of rotatable bonds is 2. The van der Waals surface area contributed by atoms with Crippen molar-refractivity contribution >= 4 is 28.6 Å². The van der Waals surface area contributed by atoms with Crippen LogP contribution in [0.15, 0.2) is 17.5 Å². The first-order valence-corrected chi connectivity index (χ1v) is 8.06. The molecule has 100 valence electrons. The summed E-state index contributed by atoms with van der Waals surface area (Å²) in [6.07, 6.45) is 2.14. The predicted molar refractivity (Wildman–Crippen MR) is 76.8 cm³/mol. The van der Waals surface area contributed by atoms with E-state index >= 15 is 0 Å². The summed E-state index contributed by atoms with van der Waals surface area (Å²) in [6, 6.07) is 3.82. The van der Waals surface area contributed by atoms with Gasteiger partial charge in [-0.05, 0) is 31.2 Å². The second-order valence-electron chi connectivity index (χ2n) is 4.73.